The van der Waals surface area contributed by atoms with Gasteiger partial charge in [0.25, 0.3) is 0 Å². The first-order valence-electron chi connectivity index (χ1n) is 3.57. The minimum atomic E-state index is -0.318. The van der Waals surface area contributed by atoms with Crippen LogP contribution < -0.4 is 5.32 Å². The molecule has 1 atom stereocenters. The summed E-state index contributed by atoms with van der Waals surface area (Å²) in [6.07, 6.45) is 1.21. The molecule has 0 fully saturated rings. The van der Waals surface area contributed by atoms with Gasteiger partial charge in [-0.2, -0.15) is 0 Å². The highest BCUT2D eigenvalue weighted by molar-refractivity contribution is 4.94. The molecule has 0 saturated carbocycles. The second kappa shape index (κ2) is 4.10. The molecule has 0 aliphatic heterocycles. The average Bonchev–Trinajstić information content (AvgIpc) is 2.39. The summed E-state index contributed by atoms with van der Waals surface area (Å²) in [6, 6.07) is 1.79. The summed E-state index contributed by atoms with van der Waals surface area (Å²) in [5.74, 6) is 0. The Kier molecular flexibility index (Phi) is 3.07. The molecular weight excluding hydrogens is 144 g/mol. The fraction of sp³-hybridized carbons (Fsp3) is 0.571. The van der Waals surface area contributed by atoms with Gasteiger partial charge in [0.05, 0.1) is 11.8 Å². The summed E-state index contributed by atoms with van der Waals surface area (Å²) >= 11 is 0. The number of aromatic nitrogens is 1. The first-order chi connectivity index (χ1) is 5.29. The van der Waals surface area contributed by atoms with Crippen LogP contribution in [-0.2, 0) is 6.54 Å². The Morgan fingerprint density at radius 3 is 3.18 bits per heavy atom. The lowest BCUT2D eigenvalue weighted by Gasteiger charge is -2.03. The Hall–Kier alpha value is -0.870. The third-order valence-corrected chi connectivity index (χ3v) is 1.24. The maximum absolute atomic E-state index is 8.87. The Labute approximate surface area is 65.2 Å². The number of hydrogen-bond donors (Lipinski definition) is 2. The third-order valence-electron chi connectivity index (χ3n) is 1.24. The van der Waals surface area contributed by atoms with E-state index in [0.717, 1.165) is 5.69 Å². The molecule has 0 aliphatic rings. The van der Waals surface area contributed by atoms with E-state index in [9.17, 15) is 0 Å². The molecule has 0 bridgehead atoms. The van der Waals surface area contributed by atoms with Crippen molar-refractivity contribution in [3.63, 3.8) is 0 Å². The van der Waals surface area contributed by atoms with Gasteiger partial charge < -0.3 is 14.9 Å². The zero-order chi connectivity index (χ0) is 8.10. The molecule has 0 aromatic carbocycles. The van der Waals surface area contributed by atoms with Gasteiger partial charge in [-0.1, -0.05) is 5.16 Å². The number of aliphatic hydroxyl groups is 1. The van der Waals surface area contributed by atoms with E-state index in [1.165, 1.54) is 6.26 Å². The summed E-state index contributed by atoms with van der Waals surface area (Å²) in [5, 5.41) is 15.6. The van der Waals surface area contributed by atoms with E-state index in [1.54, 1.807) is 13.0 Å². The van der Waals surface area contributed by atoms with E-state index < -0.39 is 0 Å². The normalized spacial score (nSPS) is 13.3. The first-order valence-corrected chi connectivity index (χ1v) is 3.57. The Balaban J connectivity index is 2.14. The zero-order valence-corrected chi connectivity index (χ0v) is 6.45. The van der Waals surface area contributed by atoms with Crippen LogP contribution in [0.2, 0.25) is 0 Å². The van der Waals surface area contributed by atoms with Gasteiger partial charge in [0.15, 0.2) is 0 Å². The molecule has 0 radical (unpaired) electrons. The lowest BCUT2D eigenvalue weighted by molar-refractivity contribution is 0.190. The zero-order valence-electron chi connectivity index (χ0n) is 6.45. The van der Waals surface area contributed by atoms with Gasteiger partial charge in [-0.15, -0.1) is 0 Å². The molecule has 1 aromatic heterocycles. The SMILES string of the molecule is C[C@@H](O)CNCc1ccon1. The van der Waals surface area contributed by atoms with E-state index in [-0.39, 0.29) is 6.10 Å². The Bertz CT molecular complexity index is 184. The van der Waals surface area contributed by atoms with Gasteiger partial charge in [0, 0.05) is 19.2 Å². The molecule has 1 aromatic rings. The lowest BCUT2D eigenvalue weighted by atomic mass is 10.4. The molecule has 11 heavy (non-hydrogen) atoms. The van der Waals surface area contributed by atoms with Crippen LogP contribution in [-0.4, -0.2) is 22.9 Å². The van der Waals surface area contributed by atoms with Crippen LogP contribution in [0.4, 0.5) is 0 Å². The smallest absolute Gasteiger partial charge is 0.124 e. The fourth-order valence-electron chi connectivity index (χ4n) is 0.738. The van der Waals surface area contributed by atoms with E-state index in [2.05, 4.69) is 15.0 Å². The summed E-state index contributed by atoms with van der Waals surface area (Å²) in [6.45, 7) is 2.95. The summed E-state index contributed by atoms with van der Waals surface area (Å²) in [4.78, 5) is 0. The lowest BCUT2D eigenvalue weighted by Crippen LogP contribution is -2.23. The molecule has 0 spiro atoms. The van der Waals surface area contributed by atoms with Crippen molar-refractivity contribution in [2.75, 3.05) is 6.54 Å². The van der Waals surface area contributed by atoms with Crippen LogP contribution in [0.1, 0.15) is 12.6 Å². The van der Waals surface area contributed by atoms with Crippen molar-refractivity contribution >= 4 is 0 Å². The highest BCUT2D eigenvalue weighted by atomic mass is 16.5. The van der Waals surface area contributed by atoms with E-state index >= 15 is 0 Å². The molecule has 0 aliphatic carbocycles. The molecule has 4 heteroatoms. The molecule has 1 rings (SSSR count). The minimum absolute atomic E-state index is 0.318. The molecule has 2 N–H and O–H groups in total. The number of rotatable bonds is 4. The molecular formula is C7H12N2O2. The van der Waals surface area contributed by atoms with Crippen molar-refractivity contribution in [3.8, 4) is 0 Å². The van der Waals surface area contributed by atoms with Gasteiger partial charge in [-0.05, 0) is 6.92 Å². The van der Waals surface area contributed by atoms with Gasteiger partial charge in [0.2, 0.25) is 0 Å². The topological polar surface area (TPSA) is 58.3 Å². The number of nitrogens with zero attached hydrogens (tertiary/aromatic N) is 1. The predicted octanol–water partition coefficient (Wildman–Crippen LogP) is 0.145. The Morgan fingerprint density at radius 1 is 1.82 bits per heavy atom. The molecule has 4 nitrogen and oxygen atoms in total. The van der Waals surface area contributed by atoms with Crippen LogP contribution >= 0.6 is 0 Å². The predicted molar refractivity (Wildman–Crippen MR) is 39.9 cm³/mol. The largest absolute Gasteiger partial charge is 0.392 e. The van der Waals surface area contributed by atoms with Gasteiger partial charge >= 0.3 is 0 Å². The monoisotopic (exact) mass is 156 g/mol. The number of hydrogen-bond acceptors (Lipinski definition) is 4. The molecule has 0 saturated heterocycles. The van der Waals surface area contributed by atoms with Crippen molar-refractivity contribution in [1.82, 2.24) is 10.5 Å². The van der Waals surface area contributed by atoms with Gasteiger partial charge in [0.1, 0.15) is 6.26 Å². The van der Waals surface area contributed by atoms with Crippen LogP contribution in [0.3, 0.4) is 0 Å². The van der Waals surface area contributed by atoms with Crippen molar-refractivity contribution in [3.05, 3.63) is 18.0 Å². The highest BCUT2D eigenvalue weighted by Crippen LogP contribution is 1.92. The van der Waals surface area contributed by atoms with Gasteiger partial charge in [-0.3, -0.25) is 0 Å². The van der Waals surface area contributed by atoms with Gasteiger partial charge in [-0.25, -0.2) is 0 Å². The molecule has 1 heterocycles. The van der Waals surface area contributed by atoms with Crippen LogP contribution in [0.25, 0.3) is 0 Å². The standard InChI is InChI=1S/C7H12N2O2/c1-6(10)4-8-5-7-2-3-11-9-7/h2-3,6,8,10H,4-5H2,1H3/t6-/m1/s1. The summed E-state index contributed by atoms with van der Waals surface area (Å²) < 4.78 is 4.62. The van der Waals surface area contributed by atoms with Crippen LogP contribution in [0.5, 0.6) is 0 Å². The second-order valence-electron chi connectivity index (χ2n) is 2.47. The average molecular weight is 156 g/mol. The van der Waals surface area contributed by atoms with E-state index in [4.69, 9.17) is 5.11 Å². The molecule has 0 unspecified atom stereocenters. The summed E-state index contributed by atoms with van der Waals surface area (Å²) in [5.41, 5.74) is 0.852. The minimum Gasteiger partial charge on any atom is -0.392 e. The van der Waals surface area contributed by atoms with E-state index in [0.29, 0.717) is 13.1 Å². The maximum Gasteiger partial charge on any atom is 0.124 e. The second-order valence-corrected chi connectivity index (χ2v) is 2.47. The van der Waals surface area contributed by atoms with Crippen molar-refractivity contribution < 1.29 is 9.63 Å². The number of aliphatic hydroxyl groups excluding tert-OH is 1. The highest BCUT2D eigenvalue weighted by Gasteiger charge is 1.97. The van der Waals surface area contributed by atoms with Crippen molar-refractivity contribution in [1.29, 1.82) is 0 Å². The van der Waals surface area contributed by atoms with E-state index in [1.807, 2.05) is 0 Å². The molecule has 0 amide bonds. The first kappa shape index (κ1) is 8.23. The van der Waals surface area contributed by atoms with Crippen molar-refractivity contribution in [2.45, 2.75) is 19.6 Å². The third kappa shape index (κ3) is 3.15. The Morgan fingerprint density at radius 2 is 2.64 bits per heavy atom. The van der Waals surface area contributed by atoms with Crippen molar-refractivity contribution in [2.24, 2.45) is 0 Å². The number of nitrogens with one attached hydrogen (secondary N) is 1. The maximum atomic E-state index is 8.87. The quantitative estimate of drug-likeness (QED) is 0.651. The van der Waals surface area contributed by atoms with Crippen LogP contribution in [0.15, 0.2) is 16.9 Å². The molecule has 62 valence electrons. The summed E-state index contributed by atoms with van der Waals surface area (Å²) in [7, 11) is 0. The van der Waals surface area contributed by atoms with Crippen LogP contribution in [0, 0.1) is 0 Å². The fourth-order valence-corrected chi connectivity index (χ4v) is 0.738.